The molecule has 6 heteroatoms. The van der Waals surface area contributed by atoms with Crippen LogP contribution in [-0.4, -0.2) is 34.7 Å². The fourth-order valence-corrected chi connectivity index (χ4v) is 2.78. The van der Waals surface area contributed by atoms with E-state index in [0.717, 1.165) is 30.6 Å². The van der Waals surface area contributed by atoms with Crippen LogP contribution in [0, 0.1) is 6.92 Å². The molecule has 0 amide bonds. The number of hydrogen-bond acceptors (Lipinski definition) is 4. The van der Waals surface area contributed by atoms with Gasteiger partial charge in [0.25, 0.3) is 0 Å². The number of hydrogen-bond donors (Lipinski definition) is 0. The smallest absolute Gasteiger partial charge is 0.399 e. The van der Waals surface area contributed by atoms with Crippen molar-refractivity contribution in [2.75, 3.05) is 6.61 Å². The van der Waals surface area contributed by atoms with E-state index in [2.05, 4.69) is 32.8 Å². The summed E-state index contributed by atoms with van der Waals surface area (Å²) < 4.78 is 20.0. The Morgan fingerprint density at radius 3 is 2.43 bits per heavy atom. The van der Waals surface area contributed by atoms with Crippen LogP contribution in [0.15, 0.2) is 6.20 Å². The zero-order chi connectivity index (χ0) is 15.3. The summed E-state index contributed by atoms with van der Waals surface area (Å²) in [5.41, 5.74) is 1.30. The van der Waals surface area contributed by atoms with Crippen molar-refractivity contribution < 1.29 is 14.0 Å². The first-order chi connectivity index (χ1) is 9.80. The van der Waals surface area contributed by atoms with Crippen LogP contribution in [-0.2, 0) is 14.0 Å². The molecule has 116 valence electrons. The van der Waals surface area contributed by atoms with Crippen molar-refractivity contribution in [2.24, 2.45) is 0 Å². The molecule has 0 aliphatic carbocycles. The minimum absolute atomic E-state index is 0.0497. The van der Waals surface area contributed by atoms with Gasteiger partial charge in [0, 0.05) is 18.3 Å². The molecule has 1 aromatic rings. The monoisotopic (exact) mass is 292 g/mol. The van der Waals surface area contributed by atoms with Crippen molar-refractivity contribution in [2.45, 2.75) is 71.3 Å². The maximum absolute atomic E-state index is 6.12. The van der Waals surface area contributed by atoms with Gasteiger partial charge in [-0.05, 0) is 53.9 Å². The number of rotatable bonds is 2. The summed E-state index contributed by atoms with van der Waals surface area (Å²) in [6.45, 7) is 11.1. The summed E-state index contributed by atoms with van der Waals surface area (Å²) >= 11 is 0. The minimum Gasteiger partial charge on any atom is -0.399 e. The van der Waals surface area contributed by atoms with Crippen molar-refractivity contribution in [1.29, 1.82) is 0 Å². The average molecular weight is 292 g/mol. The van der Waals surface area contributed by atoms with Crippen LogP contribution in [0.1, 0.15) is 58.9 Å². The lowest BCUT2D eigenvalue weighted by atomic mass is 9.79. The summed E-state index contributed by atoms with van der Waals surface area (Å²) in [4.78, 5) is 0. The van der Waals surface area contributed by atoms with Gasteiger partial charge in [0.05, 0.1) is 16.9 Å². The van der Waals surface area contributed by atoms with Gasteiger partial charge < -0.3 is 14.0 Å². The van der Waals surface area contributed by atoms with E-state index in [4.69, 9.17) is 14.0 Å². The van der Waals surface area contributed by atoms with Gasteiger partial charge in [-0.2, -0.15) is 5.10 Å². The third-order valence-corrected chi connectivity index (χ3v) is 4.91. The number of ether oxygens (including phenoxy) is 1. The Kier molecular flexibility index (Phi) is 3.67. The van der Waals surface area contributed by atoms with Crippen LogP contribution in [0.2, 0.25) is 0 Å². The second-order valence-corrected chi connectivity index (χ2v) is 7.06. The average Bonchev–Trinajstić information content (AvgIpc) is 2.89. The molecule has 0 bridgehead atoms. The van der Waals surface area contributed by atoms with E-state index >= 15 is 0 Å². The number of aromatic nitrogens is 2. The first-order valence-corrected chi connectivity index (χ1v) is 7.83. The predicted octanol–water partition coefficient (Wildman–Crippen LogP) is 2.19. The molecule has 3 rings (SSSR count). The third kappa shape index (κ3) is 2.65. The van der Waals surface area contributed by atoms with Gasteiger partial charge in [-0.15, -0.1) is 0 Å². The molecule has 1 aromatic heterocycles. The van der Waals surface area contributed by atoms with Crippen LogP contribution in [0.3, 0.4) is 0 Å². The van der Waals surface area contributed by atoms with Crippen molar-refractivity contribution in [3.63, 3.8) is 0 Å². The molecular formula is C15H25BN2O3. The zero-order valence-corrected chi connectivity index (χ0v) is 13.7. The molecule has 0 spiro atoms. The largest absolute Gasteiger partial charge is 0.498 e. The van der Waals surface area contributed by atoms with Gasteiger partial charge in [0.1, 0.15) is 6.23 Å². The van der Waals surface area contributed by atoms with Gasteiger partial charge in [0.15, 0.2) is 0 Å². The van der Waals surface area contributed by atoms with Crippen LogP contribution in [0.5, 0.6) is 0 Å². The predicted molar refractivity (Wildman–Crippen MR) is 81.5 cm³/mol. The fourth-order valence-electron chi connectivity index (χ4n) is 2.78. The van der Waals surface area contributed by atoms with E-state index < -0.39 is 0 Å². The highest BCUT2D eigenvalue weighted by Crippen LogP contribution is 2.36. The molecule has 0 aromatic carbocycles. The lowest BCUT2D eigenvalue weighted by Crippen LogP contribution is -2.41. The standard InChI is InChI=1S/C15H25BN2O3/c1-11-12(16-20-14(2,3)15(4,5)21-16)10-18(17-11)13-8-6-7-9-19-13/h10,13H,6-9H2,1-5H3. The fraction of sp³-hybridized carbons (Fsp3) is 0.800. The Morgan fingerprint density at radius 2 is 1.86 bits per heavy atom. The van der Waals surface area contributed by atoms with E-state index in [1.54, 1.807) is 0 Å². The molecule has 2 fully saturated rings. The van der Waals surface area contributed by atoms with E-state index in [1.807, 2.05) is 17.8 Å². The van der Waals surface area contributed by atoms with E-state index in [1.165, 1.54) is 6.42 Å². The summed E-state index contributed by atoms with van der Waals surface area (Å²) in [6.07, 6.45) is 5.42. The van der Waals surface area contributed by atoms with Crippen molar-refractivity contribution in [3.8, 4) is 0 Å². The van der Waals surface area contributed by atoms with Crippen molar-refractivity contribution in [1.82, 2.24) is 9.78 Å². The Bertz CT molecular complexity index is 505. The SMILES string of the molecule is Cc1nn(C2CCCCO2)cc1B1OC(C)(C)C(C)(C)O1. The van der Waals surface area contributed by atoms with Crippen LogP contribution in [0.25, 0.3) is 0 Å². The van der Waals surface area contributed by atoms with Crippen LogP contribution < -0.4 is 5.46 Å². The van der Waals surface area contributed by atoms with Crippen molar-refractivity contribution in [3.05, 3.63) is 11.9 Å². The molecule has 1 atom stereocenters. The molecule has 2 aliphatic heterocycles. The van der Waals surface area contributed by atoms with Gasteiger partial charge in [-0.1, -0.05) is 0 Å². The summed E-state index contributed by atoms with van der Waals surface area (Å²) in [6, 6.07) is 0. The maximum atomic E-state index is 6.12. The molecule has 3 heterocycles. The van der Waals surface area contributed by atoms with Gasteiger partial charge in [-0.3, -0.25) is 0 Å². The Balaban J connectivity index is 1.82. The normalized spacial score (nSPS) is 28.0. The molecule has 21 heavy (non-hydrogen) atoms. The van der Waals surface area contributed by atoms with Gasteiger partial charge in [0.2, 0.25) is 0 Å². The Labute approximate surface area is 127 Å². The molecule has 1 unspecified atom stereocenters. The van der Waals surface area contributed by atoms with Crippen LogP contribution >= 0.6 is 0 Å². The molecule has 2 aliphatic rings. The highest BCUT2D eigenvalue weighted by atomic mass is 16.7. The lowest BCUT2D eigenvalue weighted by molar-refractivity contribution is -0.0395. The highest BCUT2D eigenvalue weighted by Gasteiger charge is 2.52. The van der Waals surface area contributed by atoms with Gasteiger partial charge >= 0.3 is 7.12 Å². The van der Waals surface area contributed by atoms with Crippen molar-refractivity contribution >= 4 is 12.6 Å². The van der Waals surface area contributed by atoms with E-state index in [0.29, 0.717) is 0 Å². The van der Waals surface area contributed by atoms with E-state index in [-0.39, 0.29) is 24.5 Å². The Morgan fingerprint density at radius 1 is 1.19 bits per heavy atom. The highest BCUT2D eigenvalue weighted by molar-refractivity contribution is 6.62. The molecule has 0 radical (unpaired) electrons. The molecule has 0 N–H and O–H groups in total. The summed E-state index contributed by atoms with van der Waals surface area (Å²) in [5.74, 6) is 0. The number of nitrogens with zero attached hydrogens (tertiary/aromatic N) is 2. The molecule has 5 nitrogen and oxygen atoms in total. The first-order valence-electron chi connectivity index (χ1n) is 7.83. The Hall–Kier alpha value is -0.845. The summed E-state index contributed by atoms with van der Waals surface area (Å²) in [5, 5.41) is 4.61. The second kappa shape index (κ2) is 5.11. The molecule has 0 saturated carbocycles. The topological polar surface area (TPSA) is 45.5 Å². The van der Waals surface area contributed by atoms with Gasteiger partial charge in [-0.25, -0.2) is 4.68 Å². The van der Waals surface area contributed by atoms with Crippen LogP contribution in [0.4, 0.5) is 0 Å². The zero-order valence-electron chi connectivity index (χ0n) is 13.7. The summed E-state index contributed by atoms with van der Waals surface area (Å²) in [7, 11) is -0.354. The minimum atomic E-state index is -0.354. The third-order valence-electron chi connectivity index (χ3n) is 4.91. The van der Waals surface area contributed by atoms with E-state index in [9.17, 15) is 0 Å². The second-order valence-electron chi connectivity index (χ2n) is 7.06. The maximum Gasteiger partial charge on any atom is 0.498 e. The molecule has 2 saturated heterocycles. The quantitative estimate of drug-likeness (QED) is 0.784. The lowest BCUT2D eigenvalue weighted by Gasteiger charge is -2.32. The molecular weight excluding hydrogens is 267 g/mol. The number of aryl methyl sites for hydroxylation is 1. The first kappa shape index (κ1) is 15.1.